The summed E-state index contributed by atoms with van der Waals surface area (Å²) in [5.41, 5.74) is 2.04. The Morgan fingerprint density at radius 2 is 1.40 bits per heavy atom. The number of amides is 2. The largest absolute Gasteiger partial charge is 0.366 e. The number of carbonyl (C=O) groups is 2. The van der Waals surface area contributed by atoms with Crippen molar-refractivity contribution in [2.24, 2.45) is 0 Å². The molecular weight excluding hydrogens is 421 g/mol. The monoisotopic (exact) mass is 443 g/mol. The van der Waals surface area contributed by atoms with Crippen LogP contribution < -0.4 is 4.90 Å². The molecule has 0 aromatic heterocycles. The quantitative estimate of drug-likeness (QED) is 0.660. The number of benzene rings is 2. The maximum Gasteiger partial charge on any atom is 0.282 e. The summed E-state index contributed by atoms with van der Waals surface area (Å²) in [6.07, 6.45) is 1.87. The van der Waals surface area contributed by atoms with Crippen molar-refractivity contribution in [1.29, 1.82) is 0 Å². The smallest absolute Gasteiger partial charge is 0.282 e. The molecule has 1 saturated heterocycles. The number of hydrogen-bond donors (Lipinski definition) is 0. The first-order valence-electron chi connectivity index (χ1n) is 9.92. The van der Waals surface area contributed by atoms with Crippen molar-refractivity contribution >= 4 is 46.3 Å². The molecule has 0 bridgehead atoms. The highest BCUT2D eigenvalue weighted by molar-refractivity contribution is 6.45. The molecule has 1 fully saturated rings. The first-order chi connectivity index (χ1) is 14.4. The van der Waals surface area contributed by atoms with Crippen LogP contribution in [0.3, 0.4) is 0 Å². The summed E-state index contributed by atoms with van der Waals surface area (Å²) in [6, 6.07) is 14.0. The number of piperidine rings is 1. The van der Waals surface area contributed by atoms with E-state index in [1.54, 1.807) is 48.5 Å². The summed E-state index contributed by atoms with van der Waals surface area (Å²) in [5.74, 6) is -0.645. The highest BCUT2D eigenvalue weighted by Crippen LogP contribution is 2.36. The lowest BCUT2D eigenvalue weighted by atomic mass is 10.0. The number of hydrogen-bond acceptors (Lipinski definition) is 4. The van der Waals surface area contributed by atoms with Crippen LogP contribution in [0.15, 0.2) is 54.2 Å². The molecule has 0 unspecified atom stereocenters. The zero-order valence-electron chi connectivity index (χ0n) is 16.9. The zero-order chi connectivity index (χ0) is 21.4. The normalized spacial score (nSPS) is 18.5. The van der Waals surface area contributed by atoms with Gasteiger partial charge in [-0.25, -0.2) is 4.90 Å². The van der Waals surface area contributed by atoms with Gasteiger partial charge in [-0.3, -0.25) is 9.59 Å². The van der Waals surface area contributed by atoms with Crippen LogP contribution >= 0.6 is 23.2 Å². The standard InChI is InChI=1S/C23H23Cl2N3O2/c1-26-13-11-18(12-14-26)27(2)21-20(15-3-5-16(24)6-4-15)22(29)28(23(21)30)19-9-7-17(25)8-10-19/h3-10,18H,11-14H2,1-2H3. The lowest BCUT2D eigenvalue weighted by Gasteiger charge is -2.36. The fraction of sp³-hybridized carbons (Fsp3) is 0.304. The van der Waals surface area contributed by atoms with E-state index >= 15 is 0 Å². The molecule has 0 radical (unpaired) electrons. The Bertz CT molecular complexity index is 994. The SMILES string of the molecule is CN1CCC(N(C)C2=C(c3ccc(Cl)cc3)C(=O)N(c3ccc(Cl)cc3)C2=O)CC1. The molecule has 0 N–H and O–H groups in total. The first kappa shape index (κ1) is 20.9. The predicted molar refractivity (Wildman–Crippen MR) is 121 cm³/mol. The molecule has 30 heavy (non-hydrogen) atoms. The topological polar surface area (TPSA) is 43.9 Å². The second-order valence-corrected chi connectivity index (χ2v) is 8.67. The van der Waals surface area contributed by atoms with Crippen LogP contribution in [0.4, 0.5) is 5.69 Å². The van der Waals surface area contributed by atoms with Gasteiger partial charge in [0.2, 0.25) is 0 Å². The molecule has 2 heterocycles. The Balaban J connectivity index is 1.77. The number of likely N-dealkylation sites (N-methyl/N-ethyl adjacent to an activating group) is 1. The van der Waals surface area contributed by atoms with Crippen LogP contribution in [-0.4, -0.2) is 54.8 Å². The summed E-state index contributed by atoms with van der Waals surface area (Å²) in [4.78, 5) is 32.5. The fourth-order valence-corrected chi connectivity index (χ4v) is 4.36. The van der Waals surface area contributed by atoms with E-state index in [1.165, 1.54) is 4.90 Å². The van der Waals surface area contributed by atoms with E-state index in [0.717, 1.165) is 25.9 Å². The highest BCUT2D eigenvalue weighted by atomic mass is 35.5. The number of likely N-dealkylation sites (tertiary alicyclic amines) is 1. The Labute approximate surface area is 186 Å². The Morgan fingerprint density at radius 1 is 0.867 bits per heavy atom. The maximum atomic E-state index is 13.5. The third-order valence-corrected chi connectivity index (χ3v) is 6.37. The van der Waals surface area contributed by atoms with E-state index in [-0.39, 0.29) is 17.9 Å². The van der Waals surface area contributed by atoms with Gasteiger partial charge < -0.3 is 9.80 Å². The summed E-state index contributed by atoms with van der Waals surface area (Å²) < 4.78 is 0. The van der Waals surface area contributed by atoms with Crippen LogP contribution in [0, 0.1) is 0 Å². The van der Waals surface area contributed by atoms with E-state index < -0.39 is 0 Å². The molecule has 2 aromatic rings. The Kier molecular flexibility index (Phi) is 5.87. The van der Waals surface area contributed by atoms with E-state index in [1.807, 2.05) is 11.9 Å². The van der Waals surface area contributed by atoms with E-state index in [2.05, 4.69) is 11.9 Å². The lowest BCUT2D eigenvalue weighted by Crippen LogP contribution is -2.43. The van der Waals surface area contributed by atoms with Crippen molar-refractivity contribution in [3.05, 3.63) is 69.8 Å². The van der Waals surface area contributed by atoms with Crippen LogP contribution in [0.5, 0.6) is 0 Å². The number of anilines is 1. The average molecular weight is 444 g/mol. The molecule has 4 rings (SSSR count). The molecule has 2 amide bonds. The summed E-state index contributed by atoms with van der Waals surface area (Å²) in [5, 5.41) is 1.13. The van der Waals surface area contributed by atoms with Gasteiger partial charge in [0.05, 0.1) is 11.3 Å². The molecule has 0 saturated carbocycles. The third kappa shape index (κ3) is 3.85. The summed E-state index contributed by atoms with van der Waals surface area (Å²) in [7, 11) is 4.01. The first-order valence-corrected chi connectivity index (χ1v) is 10.7. The van der Waals surface area contributed by atoms with Gasteiger partial charge in [-0.05, 0) is 74.9 Å². The summed E-state index contributed by atoms with van der Waals surface area (Å²) in [6.45, 7) is 1.92. The van der Waals surface area contributed by atoms with Crippen molar-refractivity contribution in [3.8, 4) is 0 Å². The molecule has 0 aliphatic carbocycles. The minimum atomic E-state index is -0.334. The van der Waals surface area contributed by atoms with Crippen molar-refractivity contribution in [3.63, 3.8) is 0 Å². The third-order valence-electron chi connectivity index (χ3n) is 5.87. The zero-order valence-corrected chi connectivity index (χ0v) is 18.5. The second kappa shape index (κ2) is 8.42. The van der Waals surface area contributed by atoms with Gasteiger partial charge in [-0.15, -0.1) is 0 Å². The van der Waals surface area contributed by atoms with Crippen molar-refractivity contribution in [1.82, 2.24) is 9.80 Å². The molecule has 0 spiro atoms. The van der Waals surface area contributed by atoms with Gasteiger partial charge >= 0.3 is 0 Å². The van der Waals surface area contributed by atoms with Gasteiger partial charge in [0.15, 0.2) is 0 Å². The van der Waals surface area contributed by atoms with Crippen LogP contribution in [-0.2, 0) is 9.59 Å². The van der Waals surface area contributed by atoms with Gasteiger partial charge in [0.25, 0.3) is 11.8 Å². The molecule has 2 aliphatic heterocycles. The maximum absolute atomic E-state index is 13.5. The van der Waals surface area contributed by atoms with Crippen LogP contribution in [0.2, 0.25) is 10.0 Å². The Morgan fingerprint density at radius 3 is 1.97 bits per heavy atom. The number of rotatable bonds is 4. The highest BCUT2D eigenvalue weighted by Gasteiger charge is 2.43. The van der Waals surface area contributed by atoms with Crippen molar-refractivity contribution in [2.45, 2.75) is 18.9 Å². The van der Waals surface area contributed by atoms with Crippen molar-refractivity contribution < 1.29 is 9.59 Å². The molecule has 0 atom stereocenters. The molecular formula is C23H23Cl2N3O2. The van der Waals surface area contributed by atoms with Crippen LogP contribution in [0.25, 0.3) is 5.57 Å². The number of halogens is 2. The minimum absolute atomic E-state index is 0.195. The van der Waals surface area contributed by atoms with E-state index in [0.29, 0.717) is 32.6 Å². The van der Waals surface area contributed by atoms with E-state index in [4.69, 9.17) is 23.2 Å². The number of carbonyl (C=O) groups excluding carboxylic acids is 2. The molecule has 7 heteroatoms. The molecule has 2 aromatic carbocycles. The van der Waals surface area contributed by atoms with Gasteiger partial charge in [0.1, 0.15) is 5.70 Å². The molecule has 2 aliphatic rings. The minimum Gasteiger partial charge on any atom is -0.366 e. The predicted octanol–water partition coefficient (Wildman–Crippen LogP) is 4.30. The van der Waals surface area contributed by atoms with Gasteiger partial charge in [-0.2, -0.15) is 0 Å². The average Bonchev–Trinajstić information content (AvgIpc) is 3.00. The van der Waals surface area contributed by atoms with Crippen LogP contribution in [0.1, 0.15) is 18.4 Å². The summed E-state index contributed by atoms with van der Waals surface area (Å²) >= 11 is 12.1. The lowest BCUT2D eigenvalue weighted by molar-refractivity contribution is -0.120. The molecule has 156 valence electrons. The van der Waals surface area contributed by atoms with E-state index in [9.17, 15) is 9.59 Å². The second-order valence-electron chi connectivity index (χ2n) is 7.80. The number of nitrogens with zero attached hydrogens (tertiary/aromatic N) is 3. The van der Waals surface area contributed by atoms with Gasteiger partial charge in [0, 0.05) is 23.1 Å². The Hall–Kier alpha value is -2.34. The fourth-order valence-electron chi connectivity index (χ4n) is 4.11. The molecule has 5 nitrogen and oxygen atoms in total. The van der Waals surface area contributed by atoms with Crippen molar-refractivity contribution in [2.75, 3.05) is 32.1 Å². The van der Waals surface area contributed by atoms with Gasteiger partial charge in [-0.1, -0.05) is 35.3 Å². The number of imide groups is 1.